The van der Waals surface area contributed by atoms with Crippen molar-refractivity contribution in [2.24, 2.45) is 0 Å². The lowest BCUT2D eigenvalue weighted by Gasteiger charge is -2.22. The van der Waals surface area contributed by atoms with E-state index in [-0.39, 0.29) is 5.63 Å². The maximum atomic E-state index is 13.0. The number of likely N-dealkylation sites (N-methyl/N-ethyl adjacent to an activating group) is 1. The number of aromatic nitrogens is 2. The summed E-state index contributed by atoms with van der Waals surface area (Å²) in [6.07, 6.45) is 5.01. The molecule has 2 aromatic heterocycles. The molecule has 0 spiro atoms. The zero-order valence-corrected chi connectivity index (χ0v) is 17.6. The van der Waals surface area contributed by atoms with Gasteiger partial charge in [0.2, 0.25) is 5.89 Å². The average Bonchev–Trinajstić information content (AvgIpc) is 3.48. The molecule has 2 fully saturated rings. The fourth-order valence-electron chi connectivity index (χ4n) is 4.32. The first kappa shape index (κ1) is 19.1. The summed E-state index contributed by atoms with van der Waals surface area (Å²) in [4.78, 5) is 26.9. The minimum absolute atomic E-state index is 0.305. The number of hydrogen-bond acceptors (Lipinski definition) is 7. The quantitative estimate of drug-likeness (QED) is 0.644. The summed E-state index contributed by atoms with van der Waals surface area (Å²) in [5, 5.41) is 0.571. The van der Waals surface area contributed by atoms with Crippen LogP contribution in [0, 0.1) is 0 Å². The van der Waals surface area contributed by atoms with Crippen molar-refractivity contribution in [3.05, 3.63) is 46.4 Å². The standard InChI is InChI=1S/C23H26N4O3/c1-26(2)15-8-10-27(13-15)21-17(5-4-9-24-21)22-25-19-12-16(29-3)11-18(14-6-7-14)20(19)23(28)30-22/h4-5,9,11-12,14-15H,6-8,10,13H2,1-3H3/t15-/m0/s1. The highest BCUT2D eigenvalue weighted by Crippen LogP contribution is 2.44. The Morgan fingerprint density at radius 2 is 2.07 bits per heavy atom. The average molecular weight is 406 g/mol. The minimum atomic E-state index is -0.345. The number of rotatable bonds is 5. The van der Waals surface area contributed by atoms with Crippen LogP contribution in [0.2, 0.25) is 0 Å². The van der Waals surface area contributed by atoms with Gasteiger partial charge in [0.15, 0.2) is 0 Å². The van der Waals surface area contributed by atoms with Gasteiger partial charge in [-0.25, -0.2) is 14.8 Å². The van der Waals surface area contributed by atoms with Crippen LogP contribution in [0.1, 0.15) is 30.7 Å². The summed E-state index contributed by atoms with van der Waals surface area (Å²) < 4.78 is 11.2. The molecule has 3 aromatic rings. The Morgan fingerprint density at radius 3 is 2.77 bits per heavy atom. The molecule has 156 valence electrons. The van der Waals surface area contributed by atoms with Gasteiger partial charge in [-0.1, -0.05) is 0 Å². The maximum Gasteiger partial charge on any atom is 0.347 e. The molecule has 30 heavy (non-hydrogen) atoms. The number of anilines is 1. The van der Waals surface area contributed by atoms with Gasteiger partial charge in [0.25, 0.3) is 0 Å². The number of pyridine rings is 1. The van der Waals surface area contributed by atoms with Crippen LogP contribution in [0.15, 0.2) is 39.7 Å². The van der Waals surface area contributed by atoms with Gasteiger partial charge >= 0.3 is 5.63 Å². The Hall–Kier alpha value is -2.93. The highest BCUT2D eigenvalue weighted by atomic mass is 16.5. The van der Waals surface area contributed by atoms with Gasteiger partial charge in [-0.05, 0) is 63.0 Å². The van der Waals surface area contributed by atoms with Crippen LogP contribution in [-0.2, 0) is 0 Å². The van der Waals surface area contributed by atoms with Crippen molar-refractivity contribution in [1.82, 2.24) is 14.9 Å². The van der Waals surface area contributed by atoms with Gasteiger partial charge in [0, 0.05) is 31.4 Å². The lowest BCUT2D eigenvalue weighted by molar-refractivity contribution is 0.315. The van der Waals surface area contributed by atoms with Crippen LogP contribution < -0.4 is 15.3 Å². The monoisotopic (exact) mass is 406 g/mol. The summed E-state index contributed by atoms with van der Waals surface area (Å²) in [6, 6.07) is 8.01. The van der Waals surface area contributed by atoms with E-state index in [1.54, 1.807) is 13.3 Å². The third-order valence-electron chi connectivity index (χ3n) is 6.20. The fourth-order valence-corrected chi connectivity index (χ4v) is 4.32. The number of ether oxygens (including phenoxy) is 1. The Balaban J connectivity index is 1.62. The minimum Gasteiger partial charge on any atom is -0.497 e. The Bertz CT molecular complexity index is 1150. The first-order chi connectivity index (χ1) is 14.5. The molecule has 0 bridgehead atoms. The highest BCUT2D eigenvalue weighted by molar-refractivity contribution is 5.85. The zero-order valence-electron chi connectivity index (χ0n) is 17.6. The summed E-state index contributed by atoms with van der Waals surface area (Å²) >= 11 is 0. The summed E-state index contributed by atoms with van der Waals surface area (Å²) in [6.45, 7) is 1.79. The molecule has 1 aliphatic heterocycles. The van der Waals surface area contributed by atoms with Gasteiger partial charge in [-0.3, -0.25) is 0 Å². The van der Waals surface area contributed by atoms with Crippen LogP contribution in [0.5, 0.6) is 5.75 Å². The van der Waals surface area contributed by atoms with E-state index in [1.807, 2.05) is 24.3 Å². The molecule has 7 nitrogen and oxygen atoms in total. The summed E-state index contributed by atoms with van der Waals surface area (Å²) in [5.41, 5.74) is 2.00. The molecule has 0 amide bonds. The van der Waals surface area contributed by atoms with Crippen molar-refractivity contribution < 1.29 is 9.15 Å². The molecule has 1 saturated heterocycles. The van der Waals surface area contributed by atoms with Crippen molar-refractivity contribution >= 4 is 16.7 Å². The predicted molar refractivity (Wildman–Crippen MR) is 116 cm³/mol. The molecule has 0 N–H and O–H groups in total. The third kappa shape index (κ3) is 3.33. The normalized spacial score (nSPS) is 19.1. The van der Waals surface area contributed by atoms with Crippen molar-refractivity contribution in [3.8, 4) is 17.2 Å². The van der Waals surface area contributed by atoms with Crippen LogP contribution in [0.4, 0.5) is 5.82 Å². The summed E-state index contributed by atoms with van der Waals surface area (Å²) in [7, 11) is 5.84. The lowest BCUT2D eigenvalue weighted by Crippen LogP contribution is -2.31. The SMILES string of the molecule is COc1cc(C2CC2)c2c(=O)oc(-c3cccnc3N3CC[C@H](N(C)C)C3)nc2c1. The largest absolute Gasteiger partial charge is 0.497 e. The third-order valence-corrected chi connectivity index (χ3v) is 6.20. The van der Waals surface area contributed by atoms with Gasteiger partial charge in [0.05, 0.1) is 23.6 Å². The zero-order chi connectivity index (χ0) is 20.8. The van der Waals surface area contributed by atoms with Crippen LogP contribution in [-0.4, -0.2) is 55.2 Å². The van der Waals surface area contributed by atoms with Gasteiger partial charge in [0.1, 0.15) is 11.6 Å². The van der Waals surface area contributed by atoms with E-state index in [4.69, 9.17) is 14.1 Å². The lowest BCUT2D eigenvalue weighted by atomic mass is 10.0. The van der Waals surface area contributed by atoms with Crippen molar-refractivity contribution in [1.29, 1.82) is 0 Å². The molecule has 1 atom stereocenters. The van der Waals surface area contributed by atoms with Crippen LogP contribution in [0.3, 0.4) is 0 Å². The fraction of sp³-hybridized carbons (Fsp3) is 0.435. The van der Waals surface area contributed by atoms with E-state index >= 15 is 0 Å². The number of fused-ring (bicyclic) bond motifs is 1. The van der Waals surface area contributed by atoms with Crippen molar-refractivity contribution in [3.63, 3.8) is 0 Å². The summed E-state index contributed by atoms with van der Waals surface area (Å²) in [5.74, 6) is 2.22. The Morgan fingerprint density at radius 1 is 1.23 bits per heavy atom. The van der Waals surface area contributed by atoms with Gasteiger partial charge in [-0.15, -0.1) is 0 Å². The second kappa shape index (κ2) is 7.40. The number of benzene rings is 1. The highest BCUT2D eigenvalue weighted by Gasteiger charge is 2.30. The molecular formula is C23H26N4O3. The second-order valence-corrected chi connectivity index (χ2v) is 8.42. The van der Waals surface area contributed by atoms with Crippen LogP contribution >= 0.6 is 0 Å². The number of methoxy groups -OCH3 is 1. The predicted octanol–water partition coefficient (Wildman–Crippen LogP) is 3.28. The molecular weight excluding hydrogens is 380 g/mol. The van der Waals surface area contributed by atoms with E-state index in [1.165, 1.54) is 0 Å². The van der Waals surface area contributed by atoms with E-state index in [9.17, 15) is 4.79 Å². The molecule has 7 heteroatoms. The second-order valence-electron chi connectivity index (χ2n) is 8.42. The van der Waals surface area contributed by atoms with Gasteiger partial charge in [-0.2, -0.15) is 0 Å². The number of hydrogen-bond donors (Lipinski definition) is 0. The maximum absolute atomic E-state index is 13.0. The van der Waals surface area contributed by atoms with Gasteiger partial charge < -0.3 is 19.0 Å². The van der Waals surface area contributed by atoms with Crippen molar-refractivity contribution in [2.75, 3.05) is 39.2 Å². The number of nitrogens with zero attached hydrogens (tertiary/aromatic N) is 4. The van der Waals surface area contributed by atoms with Crippen LogP contribution in [0.25, 0.3) is 22.4 Å². The Labute approximate surface area is 175 Å². The molecule has 1 saturated carbocycles. The first-order valence-electron chi connectivity index (χ1n) is 10.4. The topological polar surface area (TPSA) is 71.7 Å². The molecule has 1 aliphatic carbocycles. The van der Waals surface area contributed by atoms with E-state index in [0.717, 1.165) is 49.3 Å². The van der Waals surface area contributed by atoms with E-state index < -0.39 is 0 Å². The smallest absolute Gasteiger partial charge is 0.347 e. The molecule has 0 radical (unpaired) electrons. The molecule has 0 unspecified atom stereocenters. The van der Waals surface area contributed by atoms with E-state index in [2.05, 4.69) is 28.9 Å². The molecule has 3 heterocycles. The molecule has 1 aromatic carbocycles. The Kier molecular flexibility index (Phi) is 4.70. The van der Waals surface area contributed by atoms with Crippen molar-refractivity contribution in [2.45, 2.75) is 31.2 Å². The first-order valence-corrected chi connectivity index (χ1v) is 10.4. The molecule has 2 aliphatic rings. The molecule has 5 rings (SSSR count). The van der Waals surface area contributed by atoms with E-state index in [0.29, 0.717) is 34.5 Å².